The molecule has 0 aliphatic rings. The first-order chi connectivity index (χ1) is 9.84. The second-order valence-corrected chi connectivity index (χ2v) is 6.59. The molecule has 2 aromatic rings. The maximum Gasteiger partial charge on any atom is 0.257 e. The molecule has 0 aliphatic carbocycles. The molecule has 110 valence electrons. The molecule has 0 heterocycles. The lowest BCUT2D eigenvalue weighted by Gasteiger charge is -2.17. The first kappa shape index (κ1) is 16.3. The number of carbonyl (C=O) groups excluding carboxylic acids is 1. The smallest absolute Gasteiger partial charge is 0.257 e. The Bertz CT molecular complexity index is 703. The summed E-state index contributed by atoms with van der Waals surface area (Å²) in [4.78, 5) is 12.4. The number of halogens is 3. The van der Waals surface area contributed by atoms with Crippen LogP contribution in [0.5, 0.6) is 0 Å². The van der Waals surface area contributed by atoms with Crippen molar-refractivity contribution in [3.05, 3.63) is 54.9 Å². The Labute approximate surface area is 145 Å². The summed E-state index contributed by atoms with van der Waals surface area (Å²) in [7, 11) is 0. The van der Waals surface area contributed by atoms with Gasteiger partial charge in [0.25, 0.3) is 5.91 Å². The van der Waals surface area contributed by atoms with Crippen molar-refractivity contribution >= 4 is 60.7 Å². The van der Waals surface area contributed by atoms with E-state index in [1.54, 1.807) is 24.3 Å². The largest absolute Gasteiger partial charge is 0.397 e. The van der Waals surface area contributed by atoms with E-state index in [0.29, 0.717) is 22.0 Å². The molecule has 0 aromatic heterocycles. The van der Waals surface area contributed by atoms with Crippen LogP contribution in [0.4, 0.5) is 11.4 Å². The van der Waals surface area contributed by atoms with Crippen LogP contribution in [0, 0.1) is 13.8 Å². The van der Waals surface area contributed by atoms with Crippen molar-refractivity contribution < 1.29 is 4.79 Å². The van der Waals surface area contributed by atoms with Gasteiger partial charge in [0.1, 0.15) is 0 Å². The molecule has 0 fully saturated rings. The number of benzene rings is 2. The van der Waals surface area contributed by atoms with E-state index in [0.717, 1.165) is 20.1 Å². The molecule has 0 aliphatic heterocycles. The Morgan fingerprint density at radius 1 is 1.14 bits per heavy atom. The van der Waals surface area contributed by atoms with Gasteiger partial charge in [-0.15, -0.1) is 0 Å². The number of carbonyl (C=O) groups is 1. The number of rotatable bonds is 2. The summed E-state index contributed by atoms with van der Waals surface area (Å²) in [5, 5.41) is 3.32. The zero-order valence-corrected chi connectivity index (χ0v) is 15.4. The average molecular weight is 433 g/mol. The monoisotopic (exact) mass is 430 g/mol. The lowest BCUT2D eigenvalue weighted by molar-refractivity contribution is 0.102. The van der Waals surface area contributed by atoms with Gasteiger partial charge in [-0.3, -0.25) is 4.79 Å². The number of anilines is 2. The van der Waals surface area contributed by atoms with Gasteiger partial charge in [-0.1, -0.05) is 23.7 Å². The summed E-state index contributed by atoms with van der Waals surface area (Å²) in [6.45, 7) is 3.78. The SMILES string of the molecule is Cc1c(Br)c(N)c(Br)c(C)c1NC(=O)c1ccccc1Cl. The molecule has 0 atom stereocenters. The zero-order valence-electron chi connectivity index (χ0n) is 11.4. The zero-order chi connectivity index (χ0) is 15.7. The van der Waals surface area contributed by atoms with Crippen LogP contribution in [0.1, 0.15) is 21.5 Å². The fourth-order valence-corrected chi connectivity index (χ4v) is 3.30. The van der Waals surface area contributed by atoms with Crippen molar-refractivity contribution in [3.63, 3.8) is 0 Å². The normalized spacial score (nSPS) is 10.5. The van der Waals surface area contributed by atoms with Crippen LogP contribution in [0.3, 0.4) is 0 Å². The number of hydrogen-bond acceptors (Lipinski definition) is 2. The average Bonchev–Trinajstić information content (AvgIpc) is 2.48. The van der Waals surface area contributed by atoms with E-state index in [4.69, 9.17) is 17.3 Å². The fourth-order valence-electron chi connectivity index (χ4n) is 2.01. The first-order valence-electron chi connectivity index (χ1n) is 6.14. The fraction of sp³-hybridized carbons (Fsp3) is 0.133. The van der Waals surface area contributed by atoms with Gasteiger partial charge in [0.2, 0.25) is 0 Å². The number of nitrogen functional groups attached to an aromatic ring is 1. The predicted octanol–water partition coefficient (Wildman–Crippen LogP) is 5.32. The van der Waals surface area contributed by atoms with Crippen molar-refractivity contribution in [3.8, 4) is 0 Å². The Kier molecular flexibility index (Phi) is 4.96. The van der Waals surface area contributed by atoms with E-state index in [9.17, 15) is 4.79 Å². The quantitative estimate of drug-likeness (QED) is 0.632. The van der Waals surface area contributed by atoms with Crippen LogP contribution < -0.4 is 11.1 Å². The van der Waals surface area contributed by atoms with Crippen LogP contribution >= 0.6 is 43.5 Å². The van der Waals surface area contributed by atoms with Gasteiger partial charge in [-0.2, -0.15) is 0 Å². The molecule has 0 saturated carbocycles. The van der Waals surface area contributed by atoms with Gasteiger partial charge in [0, 0.05) is 14.6 Å². The Morgan fingerprint density at radius 3 is 2.19 bits per heavy atom. The van der Waals surface area contributed by atoms with Crippen LogP contribution in [-0.2, 0) is 0 Å². The molecule has 0 bridgehead atoms. The number of nitrogens with one attached hydrogen (secondary N) is 1. The van der Waals surface area contributed by atoms with Crippen molar-refractivity contribution in [1.82, 2.24) is 0 Å². The summed E-state index contributed by atoms with van der Waals surface area (Å²) in [6.07, 6.45) is 0. The molecule has 0 unspecified atom stereocenters. The summed E-state index contributed by atoms with van der Waals surface area (Å²) in [6, 6.07) is 6.93. The molecular formula is C15H13Br2ClN2O. The third kappa shape index (κ3) is 3.10. The molecule has 2 aromatic carbocycles. The highest BCUT2D eigenvalue weighted by Gasteiger charge is 2.18. The molecule has 3 nitrogen and oxygen atoms in total. The predicted molar refractivity (Wildman–Crippen MR) is 95.1 cm³/mol. The molecule has 0 saturated heterocycles. The summed E-state index contributed by atoms with van der Waals surface area (Å²) in [5.74, 6) is -0.254. The first-order valence-corrected chi connectivity index (χ1v) is 8.10. The molecule has 0 spiro atoms. The molecule has 3 N–H and O–H groups in total. The van der Waals surface area contributed by atoms with Crippen molar-refractivity contribution in [1.29, 1.82) is 0 Å². The van der Waals surface area contributed by atoms with Crippen LogP contribution in [0.15, 0.2) is 33.2 Å². The minimum absolute atomic E-state index is 0.254. The van der Waals surface area contributed by atoms with Crippen LogP contribution in [-0.4, -0.2) is 5.91 Å². The van der Waals surface area contributed by atoms with E-state index in [2.05, 4.69) is 37.2 Å². The van der Waals surface area contributed by atoms with Gasteiger partial charge in [-0.05, 0) is 69.0 Å². The van der Waals surface area contributed by atoms with Crippen molar-refractivity contribution in [2.75, 3.05) is 11.1 Å². The minimum atomic E-state index is -0.254. The summed E-state index contributed by atoms with van der Waals surface area (Å²) < 4.78 is 1.52. The topological polar surface area (TPSA) is 55.1 Å². The second-order valence-electron chi connectivity index (χ2n) is 4.60. The lowest BCUT2D eigenvalue weighted by atomic mass is 10.1. The molecule has 0 radical (unpaired) electrons. The molecule has 1 amide bonds. The van der Waals surface area contributed by atoms with Gasteiger partial charge < -0.3 is 11.1 Å². The van der Waals surface area contributed by atoms with E-state index in [1.807, 2.05) is 13.8 Å². The van der Waals surface area contributed by atoms with Gasteiger partial charge >= 0.3 is 0 Å². The van der Waals surface area contributed by atoms with E-state index in [1.165, 1.54) is 0 Å². The lowest BCUT2D eigenvalue weighted by Crippen LogP contribution is -2.15. The highest BCUT2D eigenvalue weighted by atomic mass is 79.9. The maximum atomic E-state index is 12.4. The molecule has 21 heavy (non-hydrogen) atoms. The number of amides is 1. The van der Waals surface area contributed by atoms with Gasteiger partial charge in [-0.25, -0.2) is 0 Å². The molecular weight excluding hydrogens is 419 g/mol. The minimum Gasteiger partial charge on any atom is -0.397 e. The van der Waals surface area contributed by atoms with Crippen LogP contribution in [0.25, 0.3) is 0 Å². The van der Waals surface area contributed by atoms with Crippen molar-refractivity contribution in [2.24, 2.45) is 0 Å². The van der Waals surface area contributed by atoms with E-state index in [-0.39, 0.29) is 5.91 Å². The second kappa shape index (κ2) is 6.38. The summed E-state index contributed by atoms with van der Waals surface area (Å²) >= 11 is 12.9. The number of hydrogen-bond donors (Lipinski definition) is 2. The van der Waals surface area contributed by atoms with Gasteiger partial charge in [0.15, 0.2) is 0 Å². The Balaban J connectivity index is 2.46. The third-order valence-electron chi connectivity index (χ3n) is 3.24. The molecule has 2 rings (SSSR count). The van der Waals surface area contributed by atoms with E-state index < -0.39 is 0 Å². The standard InChI is InChI=1S/C15H13Br2ClN2O/c1-7-11(16)13(19)12(17)8(2)14(7)20-15(21)9-5-3-4-6-10(9)18/h3-6H,19H2,1-2H3,(H,20,21). The van der Waals surface area contributed by atoms with Crippen molar-refractivity contribution in [2.45, 2.75) is 13.8 Å². The third-order valence-corrected chi connectivity index (χ3v) is 5.61. The highest BCUT2D eigenvalue weighted by Crippen LogP contribution is 2.40. The molecule has 6 heteroatoms. The van der Waals surface area contributed by atoms with Crippen LogP contribution in [0.2, 0.25) is 5.02 Å². The maximum absolute atomic E-state index is 12.4. The van der Waals surface area contributed by atoms with E-state index >= 15 is 0 Å². The Morgan fingerprint density at radius 2 is 1.67 bits per heavy atom. The summed E-state index contributed by atoms with van der Waals surface area (Å²) in [5.41, 5.74) is 9.49. The highest BCUT2D eigenvalue weighted by molar-refractivity contribution is 9.11. The number of nitrogens with two attached hydrogens (primary N) is 1. The Hall–Kier alpha value is -1.04. The van der Waals surface area contributed by atoms with Gasteiger partial charge in [0.05, 0.1) is 16.3 Å².